The van der Waals surface area contributed by atoms with Crippen molar-refractivity contribution >= 4 is 0 Å². The molecule has 1 saturated heterocycles. The van der Waals surface area contributed by atoms with E-state index in [1.165, 1.54) is 25.7 Å². The van der Waals surface area contributed by atoms with E-state index < -0.39 is 0 Å². The van der Waals surface area contributed by atoms with Crippen LogP contribution in [0.2, 0.25) is 0 Å². The molecule has 0 aromatic carbocycles. The highest BCUT2D eigenvalue weighted by atomic mass is 16.3. The Balaban J connectivity index is 2.11. The second-order valence-corrected chi connectivity index (χ2v) is 3.82. The van der Waals surface area contributed by atoms with Crippen molar-refractivity contribution in [3.63, 3.8) is 0 Å². The zero-order valence-corrected chi connectivity index (χ0v) is 8.05. The molecule has 1 aliphatic heterocycles. The number of piperidine rings is 1. The second kappa shape index (κ2) is 5.55. The van der Waals surface area contributed by atoms with Crippen LogP contribution in [0.25, 0.3) is 0 Å². The first-order chi connectivity index (χ1) is 5.84. The van der Waals surface area contributed by atoms with Crippen molar-refractivity contribution in [1.82, 2.24) is 5.32 Å². The van der Waals surface area contributed by atoms with E-state index in [2.05, 4.69) is 12.2 Å². The summed E-state index contributed by atoms with van der Waals surface area (Å²) >= 11 is 0. The van der Waals surface area contributed by atoms with E-state index in [9.17, 15) is 5.11 Å². The monoisotopic (exact) mass is 171 g/mol. The summed E-state index contributed by atoms with van der Waals surface area (Å²) in [5, 5.41) is 13.0. The Morgan fingerprint density at radius 3 is 2.92 bits per heavy atom. The van der Waals surface area contributed by atoms with Crippen molar-refractivity contribution in [3.05, 3.63) is 0 Å². The predicted octanol–water partition coefficient (Wildman–Crippen LogP) is 1.54. The van der Waals surface area contributed by atoms with Crippen LogP contribution in [0.15, 0.2) is 0 Å². The molecular formula is C10H21NO. The summed E-state index contributed by atoms with van der Waals surface area (Å²) in [4.78, 5) is 0. The predicted molar refractivity (Wildman–Crippen MR) is 51.1 cm³/mol. The van der Waals surface area contributed by atoms with Crippen LogP contribution in [0.3, 0.4) is 0 Å². The second-order valence-electron chi connectivity index (χ2n) is 3.82. The lowest BCUT2D eigenvalue weighted by atomic mass is 9.91. The van der Waals surface area contributed by atoms with Gasteiger partial charge in [-0.2, -0.15) is 0 Å². The number of rotatable bonds is 4. The molecule has 1 fully saturated rings. The number of aliphatic hydroxyl groups excluding tert-OH is 1. The molecule has 0 aromatic heterocycles. The largest absolute Gasteiger partial charge is 0.393 e. The normalized spacial score (nSPS) is 30.5. The molecular weight excluding hydrogens is 150 g/mol. The average Bonchev–Trinajstić information content (AvgIpc) is 2.09. The van der Waals surface area contributed by atoms with E-state index in [0.29, 0.717) is 5.92 Å². The highest BCUT2D eigenvalue weighted by molar-refractivity contribution is 4.76. The van der Waals surface area contributed by atoms with Gasteiger partial charge in [-0.05, 0) is 25.3 Å². The fraction of sp³-hybridized carbons (Fsp3) is 1.00. The van der Waals surface area contributed by atoms with Crippen molar-refractivity contribution in [3.8, 4) is 0 Å². The molecule has 0 aliphatic carbocycles. The molecule has 72 valence electrons. The standard InChI is InChI=1S/C10H21NO/c1-2-3-4-5-9-8-11-7-6-10(9)12/h9-12H,2-8H2,1H3. The van der Waals surface area contributed by atoms with Gasteiger partial charge in [0.2, 0.25) is 0 Å². The topological polar surface area (TPSA) is 32.3 Å². The zero-order chi connectivity index (χ0) is 8.81. The minimum atomic E-state index is -0.0388. The zero-order valence-electron chi connectivity index (χ0n) is 8.05. The Kier molecular flexibility index (Phi) is 4.62. The summed E-state index contributed by atoms with van der Waals surface area (Å²) in [6, 6.07) is 0. The summed E-state index contributed by atoms with van der Waals surface area (Å²) in [6.45, 7) is 4.23. The SMILES string of the molecule is CCCCCC1CNCCC1O. The van der Waals surface area contributed by atoms with Gasteiger partial charge in [0, 0.05) is 6.54 Å². The molecule has 1 rings (SSSR count). The molecule has 0 aromatic rings. The molecule has 2 N–H and O–H groups in total. The lowest BCUT2D eigenvalue weighted by molar-refractivity contribution is 0.0731. The van der Waals surface area contributed by atoms with Crippen molar-refractivity contribution in [2.24, 2.45) is 5.92 Å². The Bertz CT molecular complexity index is 116. The van der Waals surface area contributed by atoms with Gasteiger partial charge >= 0.3 is 0 Å². The van der Waals surface area contributed by atoms with E-state index in [1.54, 1.807) is 0 Å². The maximum absolute atomic E-state index is 9.63. The molecule has 2 atom stereocenters. The fourth-order valence-electron chi connectivity index (χ4n) is 1.86. The van der Waals surface area contributed by atoms with Gasteiger partial charge in [0.05, 0.1) is 6.10 Å². The smallest absolute Gasteiger partial charge is 0.0592 e. The van der Waals surface area contributed by atoms with Crippen molar-refractivity contribution in [2.75, 3.05) is 13.1 Å². The third-order valence-corrected chi connectivity index (χ3v) is 2.75. The average molecular weight is 171 g/mol. The number of hydrogen-bond donors (Lipinski definition) is 2. The van der Waals surface area contributed by atoms with Crippen molar-refractivity contribution in [2.45, 2.75) is 45.1 Å². The number of unbranched alkanes of at least 4 members (excludes halogenated alkanes) is 2. The number of aliphatic hydroxyl groups is 1. The van der Waals surface area contributed by atoms with Gasteiger partial charge in [-0.3, -0.25) is 0 Å². The molecule has 12 heavy (non-hydrogen) atoms. The summed E-state index contributed by atoms with van der Waals surface area (Å²) in [5.74, 6) is 0.519. The van der Waals surface area contributed by atoms with Crippen LogP contribution in [0.1, 0.15) is 39.0 Å². The van der Waals surface area contributed by atoms with E-state index in [-0.39, 0.29) is 6.10 Å². The minimum Gasteiger partial charge on any atom is -0.393 e. The highest BCUT2D eigenvalue weighted by Crippen LogP contribution is 2.18. The van der Waals surface area contributed by atoms with Crippen molar-refractivity contribution in [1.29, 1.82) is 0 Å². The maximum Gasteiger partial charge on any atom is 0.0592 e. The van der Waals surface area contributed by atoms with E-state index in [1.807, 2.05) is 0 Å². The van der Waals surface area contributed by atoms with Gasteiger partial charge in [0.1, 0.15) is 0 Å². The molecule has 2 heteroatoms. The minimum absolute atomic E-state index is 0.0388. The summed E-state index contributed by atoms with van der Waals surface area (Å²) in [7, 11) is 0. The van der Waals surface area contributed by atoms with Crippen LogP contribution in [0, 0.1) is 5.92 Å². The number of nitrogens with one attached hydrogen (secondary N) is 1. The van der Waals surface area contributed by atoms with E-state index in [4.69, 9.17) is 0 Å². The van der Waals surface area contributed by atoms with Crippen LogP contribution >= 0.6 is 0 Å². The van der Waals surface area contributed by atoms with Crippen molar-refractivity contribution < 1.29 is 5.11 Å². The first kappa shape index (κ1) is 10.0. The molecule has 1 aliphatic rings. The highest BCUT2D eigenvalue weighted by Gasteiger charge is 2.21. The third-order valence-electron chi connectivity index (χ3n) is 2.75. The molecule has 2 nitrogen and oxygen atoms in total. The van der Waals surface area contributed by atoms with Crippen LogP contribution < -0.4 is 5.32 Å². The van der Waals surface area contributed by atoms with Gasteiger partial charge in [-0.15, -0.1) is 0 Å². The van der Waals surface area contributed by atoms with Gasteiger partial charge in [0.15, 0.2) is 0 Å². The number of hydrogen-bond acceptors (Lipinski definition) is 2. The van der Waals surface area contributed by atoms with Gasteiger partial charge in [-0.25, -0.2) is 0 Å². The fourth-order valence-corrected chi connectivity index (χ4v) is 1.86. The van der Waals surface area contributed by atoms with Gasteiger partial charge in [-0.1, -0.05) is 26.2 Å². The Morgan fingerprint density at radius 2 is 2.25 bits per heavy atom. The molecule has 2 unspecified atom stereocenters. The van der Waals surface area contributed by atoms with Crippen LogP contribution in [-0.4, -0.2) is 24.3 Å². The molecule has 0 saturated carbocycles. The lowest BCUT2D eigenvalue weighted by Gasteiger charge is -2.28. The van der Waals surface area contributed by atoms with Crippen LogP contribution in [-0.2, 0) is 0 Å². The first-order valence-electron chi connectivity index (χ1n) is 5.23. The maximum atomic E-state index is 9.63. The molecule has 0 radical (unpaired) electrons. The van der Waals surface area contributed by atoms with E-state index in [0.717, 1.165) is 19.5 Å². The molecule has 0 amide bonds. The Labute approximate surface area is 75.4 Å². The molecule has 0 spiro atoms. The summed E-state index contributed by atoms with van der Waals surface area (Å²) in [5.41, 5.74) is 0. The molecule has 1 heterocycles. The Morgan fingerprint density at radius 1 is 1.42 bits per heavy atom. The quantitative estimate of drug-likeness (QED) is 0.629. The molecule has 0 bridgehead atoms. The first-order valence-corrected chi connectivity index (χ1v) is 5.23. The van der Waals surface area contributed by atoms with Crippen LogP contribution in [0.5, 0.6) is 0 Å². The summed E-state index contributed by atoms with van der Waals surface area (Å²) in [6.07, 6.45) is 5.96. The van der Waals surface area contributed by atoms with Gasteiger partial charge < -0.3 is 10.4 Å². The van der Waals surface area contributed by atoms with Crippen LogP contribution in [0.4, 0.5) is 0 Å². The van der Waals surface area contributed by atoms with E-state index >= 15 is 0 Å². The summed E-state index contributed by atoms with van der Waals surface area (Å²) < 4.78 is 0. The Hall–Kier alpha value is -0.0800. The van der Waals surface area contributed by atoms with Gasteiger partial charge in [0.25, 0.3) is 0 Å². The lowest BCUT2D eigenvalue weighted by Crippen LogP contribution is -2.39. The third kappa shape index (κ3) is 3.11.